The van der Waals surface area contributed by atoms with Crippen LogP contribution in [0.25, 0.3) is 0 Å². The predicted octanol–water partition coefficient (Wildman–Crippen LogP) is 3.83. The maximum atomic E-state index is 12.9. The molecule has 2 aromatic carbocycles. The Morgan fingerprint density at radius 2 is 1.48 bits per heavy atom. The van der Waals surface area contributed by atoms with Gasteiger partial charge in [-0.2, -0.15) is 0 Å². The van der Waals surface area contributed by atoms with Crippen molar-refractivity contribution in [1.82, 2.24) is 0 Å². The molecule has 0 aliphatic rings. The summed E-state index contributed by atoms with van der Waals surface area (Å²) in [7, 11) is -3.53. The lowest BCUT2D eigenvalue weighted by Gasteiger charge is -2.26. The summed E-state index contributed by atoms with van der Waals surface area (Å²) in [6.45, 7) is 8.20. The summed E-state index contributed by atoms with van der Waals surface area (Å²) in [6, 6.07) is 12.6. The third-order valence-electron chi connectivity index (χ3n) is 3.50. The molecule has 0 amide bonds. The second-order valence-electron chi connectivity index (χ2n) is 5.23. The molecule has 0 heterocycles. The molecule has 0 saturated heterocycles. The molecular formula is C17H21NO2S. The third-order valence-corrected chi connectivity index (χ3v) is 5.39. The molecular weight excluding hydrogens is 282 g/mol. The Balaban J connectivity index is 2.61. The standard InChI is InChI=1S/C17H21NO2S/c1-5-18(17-14(3)11-13(2)12-15(17)4)21(19,20)16-9-7-6-8-10-16/h6-12H,5H2,1-4H3. The SMILES string of the molecule is CCN(c1c(C)cc(C)cc1C)S(=O)(=O)c1ccccc1. The monoisotopic (exact) mass is 303 g/mol. The number of aryl methyl sites for hydroxylation is 3. The summed E-state index contributed by atoms with van der Waals surface area (Å²) in [5.74, 6) is 0. The van der Waals surface area contributed by atoms with Crippen LogP contribution in [0.1, 0.15) is 23.6 Å². The van der Waals surface area contributed by atoms with Gasteiger partial charge in [0.1, 0.15) is 0 Å². The van der Waals surface area contributed by atoms with Crippen LogP contribution in [-0.2, 0) is 10.0 Å². The van der Waals surface area contributed by atoms with Gasteiger partial charge in [0.15, 0.2) is 0 Å². The second kappa shape index (κ2) is 5.90. The Kier molecular flexibility index (Phi) is 4.37. The molecule has 0 unspecified atom stereocenters. The van der Waals surface area contributed by atoms with E-state index in [1.165, 1.54) is 4.31 Å². The zero-order valence-corrected chi connectivity index (χ0v) is 13.7. The van der Waals surface area contributed by atoms with E-state index in [1.807, 2.05) is 45.9 Å². The minimum absolute atomic E-state index is 0.325. The summed E-state index contributed by atoms with van der Waals surface area (Å²) < 4.78 is 27.3. The predicted molar refractivity (Wildman–Crippen MR) is 87.3 cm³/mol. The molecule has 21 heavy (non-hydrogen) atoms. The number of sulfonamides is 1. The third kappa shape index (κ3) is 2.95. The van der Waals surface area contributed by atoms with Crippen LogP contribution in [0, 0.1) is 20.8 Å². The minimum atomic E-state index is -3.53. The van der Waals surface area contributed by atoms with Crippen molar-refractivity contribution >= 4 is 15.7 Å². The molecule has 112 valence electrons. The molecule has 2 rings (SSSR count). The molecule has 0 aliphatic heterocycles. The van der Waals surface area contributed by atoms with Crippen LogP contribution in [0.2, 0.25) is 0 Å². The van der Waals surface area contributed by atoms with E-state index in [4.69, 9.17) is 0 Å². The molecule has 4 heteroatoms. The van der Waals surface area contributed by atoms with Crippen molar-refractivity contribution in [1.29, 1.82) is 0 Å². The molecule has 0 aromatic heterocycles. The molecule has 0 fully saturated rings. The highest BCUT2D eigenvalue weighted by Crippen LogP contribution is 2.30. The number of hydrogen-bond acceptors (Lipinski definition) is 2. The number of anilines is 1. The van der Waals surface area contributed by atoms with Crippen molar-refractivity contribution in [2.24, 2.45) is 0 Å². The molecule has 3 nitrogen and oxygen atoms in total. The fraction of sp³-hybridized carbons (Fsp3) is 0.294. The Morgan fingerprint density at radius 1 is 0.952 bits per heavy atom. The van der Waals surface area contributed by atoms with E-state index in [2.05, 4.69) is 0 Å². The fourth-order valence-electron chi connectivity index (χ4n) is 2.73. The van der Waals surface area contributed by atoms with Gasteiger partial charge in [-0.3, -0.25) is 4.31 Å². The van der Waals surface area contributed by atoms with Gasteiger partial charge in [-0.05, 0) is 51.0 Å². The topological polar surface area (TPSA) is 37.4 Å². The van der Waals surface area contributed by atoms with Gasteiger partial charge in [0.25, 0.3) is 10.0 Å². The number of nitrogens with zero attached hydrogens (tertiary/aromatic N) is 1. The van der Waals surface area contributed by atoms with Crippen molar-refractivity contribution in [3.63, 3.8) is 0 Å². The highest BCUT2D eigenvalue weighted by atomic mass is 32.2. The maximum absolute atomic E-state index is 12.9. The molecule has 0 bridgehead atoms. The summed E-state index contributed by atoms with van der Waals surface area (Å²) in [4.78, 5) is 0.325. The van der Waals surface area contributed by atoms with Gasteiger partial charge in [-0.25, -0.2) is 8.42 Å². The van der Waals surface area contributed by atoms with E-state index in [1.54, 1.807) is 24.3 Å². The summed E-state index contributed by atoms with van der Waals surface area (Å²) in [6.07, 6.45) is 0. The molecule has 0 aliphatic carbocycles. The van der Waals surface area contributed by atoms with E-state index in [0.29, 0.717) is 11.4 Å². The number of hydrogen-bond donors (Lipinski definition) is 0. The van der Waals surface area contributed by atoms with Crippen LogP contribution in [-0.4, -0.2) is 15.0 Å². The van der Waals surface area contributed by atoms with Gasteiger partial charge in [-0.1, -0.05) is 35.9 Å². The van der Waals surface area contributed by atoms with E-state index in [-0.39, 0.29) is 0 Å². The zero-order chi connectivity index (χ0) is 15.6. The van der Waals surface area contributed by atoms with Gasteiger partial charge >= 0.3 is 0 Å². The Bertz CT molecular complexity index is 714. The second-order valence-corrected chi connectivity index (χ2v) is 7.09. The van der Waals surface area contributed by atoms with Crippen LogP contribution in [0.15, 0.2) is 47.4 Å². The first-order valence-corrected chi connectivity index (χ1v) is 8.47. The lowest BCUT2D eigenvalue weighted by atomic mass is 10.1. The zero-order valence-electron chi connectivity index (χ0n) is 12.9. The summed E-state index contributed by atoms with van der Waals surface area (Å²) in [5.41, 5.74) is 3.89. The average Bonchev–Trinajstić information content (AvgIpc) is 2.43. The van der Waals surface area contributed by atoms with Crippen LogP contribution in [0.5, 0.6) is 0 Å². The fourth-order valence-corrected chi connectivity index (χ4v) is 4.36. The van der Waals surface area contributed by atoms with Gasteiger partial charge in [0, 0.05) is 6.54 Å². The van der Waals surface area contributed by atoms with Crippen molar-refractivity contribution in [3.05, 3.63) is 59.2 Å². The lowest BCUT2D eigenvalue weighted by Crippen LogP contribution is -2.32. The van der Waals surface area contributed by atoms with Crippen molar-refractivity contribution in [2.75, 3.05) is 10.8 Å². The first-order chi connectivity index (χ1) is 9.87. The summed E-state index contributed by atoms with van der Waals surface area (Å²) >= 11 is 0. The minimum Gasteiger partial charge on any atom is -0.266 e. The quantitative estimate of drug-likeness (QED) is 0.861. The van der Waals surface area contributed by atoms with Crippen molar-refractivity contribution < 1.29 is 8.42 Å². The molecule has 0 atom stereocenters. The van der Waals surface area contributed by atoms with E-state index in [0.717, 1.165) is 22.4 Å². The van der Waals surface area contributed by atoms with Crippen molar-refractivity contribution in [3.8, 4) is 0 Å². The Labute approximate surface area is 127 Å². The number of rotatable bonds is 4. The van der Waals surface area contributed by atoms with Gasteiger partial charge < -0.3 is 0 Å². The Hall–Kier alpha value is -1.81. The van der Waals surface area contributed by atoms with E-state index >= 15 is 0 Å². The van der Waals surface area contributed by atoms with E-state index < -0.39 is 10.0 Å². The van der Waals surface area contributed by atoms with Crippen LogP contribution in [0.3, 0.4) is 0 Å². The first kappa shape index (κ1) is 15.6. The molecule has 2 aromatic rings. The van der Waals surface area contributed by atoms with Gasteiger partial charge in [0.05, 0.1) is 10.6 Å². The molecule has 0 saturated carbocycles. The molecule has 0 spiro atoms. The van der Waals surface area contributed by atoms with Crippen LogP contribution < -0.4 is 4.31 Å². The largest absolute Gasteiger partial charge is 0.266 e. The van der Waals surface area contributed by atoms with Crippen molar-refractivity contribution in [2.45, 2.75) is 32.6 Å². The number of benzene rings is 2. The lowest BCUT2D eigenvalue weighted by molar-refractivity contribution is 0.591. The maximum Gasteiger partial charge on any atom is 0.264 e. The average molecular weight is 303 g/mol. The van der Waals surface area contributed by atoms with E-state index in [9.17, 15) is 8.42 Å². The molecule has 0 radical (unpaired) electrons. The highest BCUT2D eigenvalue weighted by molar-refractivity contribution is 7.92. The summed E-state index contributed by atoms with van der Waals surface area (Å²) in [5, 5.41) is 0. The van der Waals surface area contributed by atoms with Gasteiger partial charge in [0.2, 0.25) is 0 Å². The van der Waals surface area contributed by atoms with Crippen LogP contribution in [0.4, 0.5) is 5.69 Å². The normalized spacial score (nSPS) is 11.4. The smallest absolute Gasteiger partial charge is 0.264 e. The Morgan fingerprint density at radius 3 is 1.95 bits per heavy atom. The first-order valence-electron chi connectivity index (χ1n) is 7.03. The molecule has 0 N–H and O–H groups in total. The van der Waals surface area contributed by atoms with Crippen LogP contribution >= 0.6 is 0 Å². The van der Waals surface area contributed by atoms with Gasteiger partial charge in [-0.15, -0.1) is 0 Å². The highest BCUT2D eigenvalue weighted by Gasteiger charge is 2.25.